The summed E-state index contributed by atoms with van der Waals surface area (Å²) in [6.07, 6.45) is 0. The highest BCUT2D eigenvalue weighted by atomic mass is 32.1. The van der Waals surface area contributed by atoms with Crippen LogP contribution in [0, 0.1) is 13.8 Å². The first kappa shape index (κ1) is 14.8. The molecule has 0 bridgehead atoms. The van der Waals surface area contributed by atoms with Crippen LogP contribution in [0.5, 0.6) is 5.75 Å². The molecule has 0 N–H and O–H groups in total. The van der Waals surface area contributed by atoms with Gasteiger partial charge in [0.2, 0.25) is 4.96 Å². The van der Waals surface area contributed by atoms with Crippen LogP contribution in [0.15, 0.2) is 42.5 Å². The molecule has 24 heavy (non-hydrogen) atoms. The van der Waals surface area contributed by atoms with Crippen molar-refractivity contribution in [3.05, 3.63) is 53.6 Å². The molecule has 0 spiro atoms. The molecule has 0 saturated carbocycles. The monoisotopic (exact) mass is 336 g/mol. The van der Waals surface area contributed by atoms with Crippen molar-refractivity contribution in [3.63, 3.8) is 0 Å². The van der Waals surface area contributed by atoms with Gasteiger partial charge in [-0.1, -0.05) is 23.5 Å². The predicted octanol–water partition coefficient (Wildman–Crippen LogP) is 4.15. The average molecular weight is 336 g/mol. The Bertz CT molecular complexity index is 1020. The first-order valence-corrected chi connectivity index (χ1v) is 8.41. The Hall–Kier alpha value is -2.73. The van der Waals surface area contributed by atoms with E-state index in [1.807, 2.05) is 24.3 Å². The normalized spacial score (nSPS) is 11.1. The fourth-order valence-electron chi connectivity index (χ4n) is 2.53. The van der Waals surface area contributed by atoms with Crippen LogP contribution in [0.1, 0.15) is 11.1 Å². The second-order valence-electron chi connectivity index (χ2n) is 5.65. The molecule has 0 saturated heterocycles. The van der Waals surface area contributed by atoms with E-state index < -0.39 is 0 Å². The molecular formula is C18H16N4OS. The zero-order chi connectivity index (χ0) is 16.7. The fraction of sp³-hybridized carbons (Fsp3) is 0.167. The summed E-state index contributed by atoms with van der Waals surface area (Å²) in [6, 6.07) is 14.1. The van der Waals surface area contributed by atoms with Crippen LogP contribution in [-0.2, 0) is 0 Å². The van der Waals surface area contributed by atoms with Gasteiger partial charge in [-0.2, -0.15) is 9.61 Å². The zero-order valence-electron chi connectivity index (χ0n) is 13.6. The summed E-state index contributed by atoms with van der Waals surface area (Å²) in [5.41, 5.74) is 4.60. The second-order valence-corrected chi connectivity index (χ2v) is 6.61. The maximum Gasteiger partial charge on any atom is 0.235 e. The molecule has 2 aromatic carbocycles. The number of rotatable bonds is 3. The summed E-state index contributed by atoms with van der Waals surface area (Å²) in [7, 11) is 1.65. The summed E-state index contributed by atoms with van der Waals surface area (Å²) >= 11 is 1.54. The minimum absolute atomic E-state index is 0.735. The third-order valence-electron chi connectivity index (χ3n) is 4.09. The molecule has 2 aromatic heterocycles. The largest absolute Gasteiger partial charge is 0.497 e. The van der Waals surface area contributed by atoms with Crippen LogP contribution < -0.4 is 4.74 Å². The smallest absolute Gasteiger partial charge is 0.235 e. The van der Waals surface area contributed by atoms with E-state index in [9.17, 15) is 0 Å². The molecule has 0 radical (unpaired) electrons. The topological polar surface area (TPSA) is 52.3 Å². The lowest BCUT2D eigenvalue weighted by molar-refractivity contribution is 0.415. The van der Waals surface area contributed by atoms with E-state index in [0.717, 1.165) is 32.7 Å². The van der Waals surface area contributed by atoms with Crippen molar-refractivity contribution in [2.45, 2.75) is 13.8 Å². The Kier molecular flexibility index (Phi) is 3.54. The van der Waals surface area contributed by atoms with Crippen molar-refractivity contribution in [2.24, 2.45) is 0 Å². The molecule has 2 heterocycles. The van der Waals surface area contributed by atoms with E-state index >= 15 is 0 Å². The summed E-state index contributed by atoms with van der Waals surface area (Å²) in [4.78, 5) is 0.786. The molecule has 5 nitrogen and oxygen atoms in total. The predicted molar refractivity (Wildman–Crippen MR) is 95.6 cm³/mol. The number of hydrogen-bond donors (Lipinski definition) is 0. The third-order valence-corrected chi connectivity index (χ3v) is 5.04. The van der Waals surface area contributed by atoms with Gasteiger partial charge in [-0.25, -0.2) is 0 Å². The van der Waals surface area contributed by atoms with Gasteiger partial charge in [-0.15, -0.1) is 10.2 Å². The maximum atomic E-state index is 5.20. The molecule has 0 aliphatic heterocycles. The first-order valence-electron chi connectivity index (χ1n) is 7.60. The average Bonchev–Trinajstić information content (AvgIpc) is 3.18. The summed E-state index contributed by atoms with van der Waals surface area (Å²) in [6.45, 7) is 4.22. The first-order chi connectivity index (χ1) is 11.7. The highest BCUT2D eigenvalue weighted by Gasteiger charge is 2.14. The van der Waals surface area contributed by atoms with Gasteiger partial charge in [-0.05, 0) is 55.3 Å². The molecule has 0 atom stereocenters. The lowest BCUT2D eigenvalue weighted by atomic mass is 10.1. The van der Waals surface area contributed by atoms with E-state index in [-0.39, 0.29) is 0 Å². The molecule has 4 rings (SSSR count). The van der Waals surface area contributed by atoms with Crippen molar-refractivity contribution >= 4 is 16.3 Å². The highest BCUT2D eigenvalue weighted by molar-refractivity contribution is 7.19. The lowest BCUT2D eigenvalue weighted by Crippen LogP contribution is -1.91. The number of methoxy groups -OCH3 is 1. The van der Waals surface area contributed by atoms with Crippen LogP contribution in [0.25, 0.3) is 26.9 Å². The molecule has 120 valence electrons. The SMILES string of the molecule is COc1ccc(-c2nnc3sc(-c4ccc(C)c(C)c4)nn23)cc1. The molecule has 6 heteroatoms. The van der Waals surface area contributed by atoms with Gasteiger partial charge < -0.3 is 4.74 Å². The lowest BCUT2D eigenvalue weighted by Gasteiger charge is -2.02. The number of aromatic nitrogens is 4. The van der Waals surface area contributed by atoms with E-state index in [1.54, 1.807) is 23.0 Å². The van der Waals surface area contributed by atoms with Crippen LogP contribution in [0.4, 0.5) is 0 Å². The minimum Gasteiger partial charge on any atom is -0.497 e. The van der Waals surface area contributed by atoms with Crippen molar-refractivity contribution in [1.82, 2.24) is 19.8 Å². The van der Waals surface area contributed by atoms with Crippen LogP contribution in [0.2, 0.25) is 0 Å². The molecule has 0 amide bonds. The summed E-state index contributed by atoms with van der Waals surface area (Å²) in [5, 5.41) is 14.2. The van der Waals surface area contributed by atoms with Crippen molar-refractivity contribution in [2.75, 3.05) is 7.11 Å². The Morgan fingerprint density at radius 1 is 0.917 bits per heavy atom. The molecule has 0 aliphatic rings. The van der Waals surface area contributed by atoms with Gasteiger partial charge in [0.1, 0.15) is 10.8 Å². The van der Waals surface area contributed by atoms with E-state index in [1.165, 1.54) is 11.1 Å². The van der Waals surface area contributed by atoms with Gasteiger partial charge in [-0.3, -0.25) is 0 Å². The Balaban J connectivity index is 1.79. The van der Waals surface area contributed by atoms with E-state index in [2.05, 4.69) is 42.2 Å². The molecular weight excluding hydrogens is 320 g/mol. The number of aryl methyl sites for hydroxylation is 2. The van der Waals surface area contributed by atoms with Gasteiger partial charge >= 0.3 is 0 Å². The van der Waals surface area contributed by atoms with Crippen molar-refractivity contribution in [3.8, 4) is 27.7 Å². The van der Waals surface area contributed by atoms with Crippen LogP contribution in [-0.4, -0.2) is 26.9 Å². The number of fused-ring (bicyclic) bond motifs is 1. The number of nitrogens with zero attached hydrogens (tertiary/aromatic N) is 4. The minimum atomic E-state index is 0.735. The molecule has 0 aliphatic carbocycles. The quantitative estimate of drug-likeness (QED) is 0.564. The number of hydrogen-bond acceptors (Lipinski definition) is 5. The van der Waals surface area contributed by atoms with Crippen LogP contribution >= 0.6 is 11.3 Å². The number of benzene rings is 2. The summed E-state index contributed by atoms with van der Waals surface area (Å²) in [5.74, 6) is 1.55. The second kappa shape index (κ2) is 5.72. The van der Waals surface area contributed by atoms with Gasteiger partial charge in [0.05, 0.1) is 7.11 Å². The zero-order valence-corrected chi connectivity index (χ0v) is 14.5. The summed E-state index contributed by atoms with van der Waals surface area (Å²) < 4.78 is 7.00. The highest BCUT2D eigenvalue weighted by Crippen LogP contribution is 2.29. The number of ether oxygens (including phenoxy) is 1. The maximum absolute atomic E-state index is 5.20. The Morgan fingerprint density at radius 3 is 2.38 bits per heavy atom. The standard InChI is InChI=1S/C18H16N4OS/c1-11-4-5-14(10-12(11)2)17-21-22-16(19-20-18(22)24-17)13-6-8-15(23-3)9-7-13/h4-10H,1-3H3. The van der Waals surface area contributed by atoms with Crippen molar-refractivity contribution in [1.29, 1.82) is 0 Å². The van der Waals surface area contributed by atoms with Gasteiger partial charge in [0, 0.05) is 11.1 Å². The molecule has 4 aromatic rings. The van der Waals surface area contributed by atoms with Crippen LogP contribution in [0.3, 0.4) is 0 Å². The molecule has 0 fully saturated rings. The Labute approximate surface area is 143 Å². The van der Waals surface area contributed by atoms with E-state index in [0.29, 0.717) is 0 Å². The van der Waals surface area contributed by atoms with Gasteiger partial charge in [0.25, 0.3) is 0 Å². The Morgan fingerprint density at radius 2 is 1.67 bits per heavy atom. The fourth-order valence-corrected chi connectivity index (χ4v) is 3.36. The van der Waals surface area contributed by atoms with Crippen molar-refractivity contribution < 1.29 is 4.74 Å². The molecule has 0 unspecified atom stereocenters. The van der Waals surface area contributed by atoms with E-state index in [4.69, 9.17) is 9.84 Å². The third kappa shape index (κ3) is 2.45. The van der Waals surface area contributed by atoms with Gasteiger partial charge in [0.15, 0.2) is 5.82 Å².